The van der Waals surface area contributed by atoms with E-state index >= 15 is 0 Å². The molecule has 0 aromatic heterocycles. The van der Waals surface area contributed by atoms with Crippen LogP contribution in [0.25, 0.3) is 33.0 Å². The van der Waals surface area contributed by atoms with Crippen LogP contribution < -0.4 is 9.80 Å². The van der Waals surface area contributed by atoms with Crippen molar-refractivity contribution >= 4 is 44.9 Å². The van der Waals surface area contributed by atoms with Crippen LogP contribution in [0.2, 0.25) is 0 Å². The summed E-state index contributed by atoms with van der Waals surface area (Å²) >= 11 is 0. The second kappa shape index (κ2) is 11.1. The van der Waals surface area contributed by atoms with Gasteiger partial charge in [0.2, 0.25) is 0 Å². The summed E-state index contributed by atoms with van der Waals surface area (Å²) in [6, 6.07) is 59.8. The van der Waals surface area contributed by atoms with Gasteiger partial charge in [0.25, 0.3) is 0 Å². The molecule has 268 valence electrons. The van der Waals surface area contributed by atoms with E-state index in [1.54, 1.807) is 0 Å². The number of nitrogens with zero attached hydrogens (tertiary/aromatic N) is 2. The standard InChI is InChI=1S/C54H42N2/c1-53(2)43-19-13-18-41-51-40-27-25-38(56-49-22-11-7-16-35(49)29-36-17-8-12-23-50(36)56)31-45(40)54(3,4)46(51)32-42(52(41)43)39-26-24-37(30-44(39)53)55-47-20-9-5-14-33(47)28-34-15-6-10-21-48(34)55/h5-27,30-32H,28-29H2,1-4H3. The molecule has 2 heteroatoms. The minimum absolute atomic E-state index is 0.190. The molecule has 0 radical (unpaired) electrons. The molecule has 2 aliphatic heterocycles. The largest absolute Gasteiger partial charge is 0.310 e. The van der Waals surface area contributed by atoms with E-state index in [0.29, 0.717) is 0 Å². The van der Waals surface area contributed by atoms with Crippen LogP contribution in [0.1, 0.15) is 72.2 Å². The zero-order valence-electron chi connectivity index (χ0n) is 32.3. The molecule has 0 N–H and O–H groups in total. The van der Waals surface area contributed by atoms with E-state index in [-0.39, 0.29) is 10.8 Å². The van der Waals surface area contributed by atoms with Crippen LogP contribution in [0.15, 0.2) is 158 Å². The zero-order chi connectivity index (χ0) is 37.5. The topological polar surface area (TPSA) is 6.48 Å². The number of hydrogen-bond acceptors (Lipinski definition) is 2. The average Bonchev–Trinajstić information content (AvgIpc) is 3.45. The lowest BCUT2D eigenvalue weighted by Gasteiger charge is -2.38. The molecule has 0 saturated heterocycles. The summed E-state index contributed by atoms with van der Waals surface area (Å²) in [6.07, 6.45) is 1.91. The average molecular weight is 719 g/mol. The molecule has 12 rings (SSSR count). The Hall–Kier alpha value is -6.38. The Kier molecular flexibility index (Phi) is 6.33. The predicted octanol–water partition coefficient (Wildman–Crippen LogP) is 14.2. The second-order valence-corrected chi connectivity index (χ2v) is 17.3. The summed E-state index contributed by atoms with van der Waals surface area (Å²) in [5.74, 6) is 0. The molecule has 0 fully saturated rings. The fraction of sp³-hybridized carbons (Fsp3) is 0.148. The number of benzene rings is 8. The number of fused-ring (bicyclic) bond motifs is 10. The van der Waals surface area contributed by atoms with E-state index in [4.69, 9.17) is 0 Å². The van der Waals surface area contributed by atoms with Crippen molar-refractivity contribution in [3.63, 3.8) is 0 Å². The van der Waals surface area contributed by atoms with Gasteiger partial charge in [-0.1, -0.05) is 131 Å². The van der Waals surface area contributed by atoms with Gasteiger partial charge in [0.15, 0.2) is 0 Å². The van der Waals surface area contributed by atoms with Crippen LogP contribution in [0, 0.1) is 0 Å². The molecular weight excluding hydrogens is 677 g/mol. The predicted molar refractivity (Wildman–Crippen MR) is 234 cm³/mol. The fourth-order valence-corrected chi connectivity index (χ4v) is 10.9. The molecule has 2 nitrogen and oxygen atoms in total. The van der Waals surface area contributed by atoms with E-state index in [2.05, 4.69) is 195 Å². The van der Waals surface area contributed by atoms with E-state index in [1.165, 1.54) is 112 Å². The van der Waals surface area contributed by atoms with Crippen molar-refractivity contribution < 1.29 is 0 Å². The van der Waals surface area contributed by atoms with Gasteiger partial charge < -0.3 is 9.80 Å². The van der Waals surface area contributed by atoms with E-state index in [9.17, 15) is 0 Å². The lowest BCUT2D eigenvalue weighted by atomic mass is 9.67. The number of rotatable bonds is 2. The van der Waals surface area contributed by atoms with Crippen molar-refractivity contribution in [3.8, 4) is 22.3 Å². The summed E-state index contributed by atoms with van der Waals surface area (Å²) in [6.45, 7) is 9.72. The highest BCUT2D eigenvalue weighted by Gasteiger charge is 2.42. The van der Waals surface area contributed by atoms with Gasteiger partial charge in [-0.05, 0) is 132 Å². The molecule has 0 unspecified atom stereocenters. The molecule has 0 amide bonds. The van der Waals surface area contributed by atoms with Gasteiger partial charge in [0.1, 0.15) is 0 Å². The Morgan fingerprint density at radius 2 is 0.821 bits per heavy atom. The molecule has 56 heavy (non-hydrogen) atoms. The van der Waals surface area contributed by atoms with Gasteiger partial charge in [-0.15, -0.1) is 0 Å². The molecule has 0 bridgehead atoms. The summed E-state index contributed by atoms with van der Waals surface area (Å²) in [7, 11) is 0. The van der Waals surface area contributed by atoms with Crippen LogP contribution in [-0.2, 0) is 23.7 Å². The highest BCUT2D eigenvalue weighted by atomic mass is 15.2. The molecular formula is C54H42N2. The van der Waals surface area contributed by atoms with Crippen molar-refractivity contribution in [2.24, 2.45) is 0 Å². The van der Waals surface area contributed by atoms with Gasteiger partial charge in [0.05, 0.1) is 0 Å². The Bertz CT molecular complexity index is 2910. The summed E-state index contributed by atoms with van der Waals surface area (Å²) < 4.78 is 0. The summed E-state index contributed by atoms with van der Waals surface area (Å²) in [4.78, 5) is 4.97. The third-order valence-electron chi connectivity index (χ3n) is 13.6. The van der Waals surface area contributed by atoms with Gasteiger partial charge in [-0.2, -0.15) is 0 Å². The molecule has 0 saturated carbocycles. The van der Waals surface area contributed by atoms with Crippen LogP contribution in [0.4, 0.5) is 34.1 Å². The third-order valence-corrected chi connectivity index (χ3v) is 13.6. The van der Waals surface area contributed by atoms with Crippen LogP contribution in [0.5, 0.6) is 0 Å². The molecule has 8 aromatic carbocycles. The van der Waals surface area contributed by atoms with Crippen molar-refractivity contribution in [2.45, 2.75) is 51.4 Å². The van der Waals surface area contributed by atoms with Gasteiger partial charge >= 0.3 is 0 Å². The van der Waals surface area contributed by atoms with Crippen molar-refractivity contribution in [1.29, 1.82) is 0 Å². The maximum absolute atomic E-state index is 2.56. The maximum Gasteiger partial charge on any atom is 0.0497 e. The smallest absolute Gasteiger partial charge is 0.0497 e. The second-order valence-electron chi connectivity index (χ2n) is 17.3. The molecule has 0 spiro atoms. The molecule has 8 aromatic rings. The van der Waals surface area contributed by atoms with E-state index in [1.807, 2.05) is 0 Å². The number of para-hydroxylation sites is 4. The Balaban J connectivity index is 1.04. The van der Waals surface area contributed by atoms with E-state index < -0.39 is 0 Å². The third kappa shape index (κ3) is 4.17. The minimum atomic E-state index is -0.198. The molecule has 4 aliphatic rings. The maximum atomic E-state index is 2.56. The normalized spacial score (nSPS) is 15.9. The van der Waals surface area contributed by atoms with Crippen molar-refractivity contribution in [3.05, 3.63) is 202 Å². The van der Waals surface area contributed by atoms with Gasteiger partial charge in [-0.3, -0.25) is 0 Å². The first-order chi connectivity index (χ1) is 27.3. The Labute approximate surface area is 329 Å². The zero-order valence-corrected chi connectivity index (χ0v) is 32.3. The highest BCUT2D eigenvalue weighted by Crippen LogP contribution is 2.59. The monoisotopic (exact) mass is 718 g/mol. The van der Waals surface area contributed by atoms with E-state index in [0.717, 1.165) is 12.8 Å². The lowest BCUT2D eigenvalue weighted by molar-refractivity contribution is 0.644. The SMILES string of the molecule is CC1(C)c2cc(N3c4ccccc4Cc4ccccc43)ccc2-c2c1cc1c3c(cccc23)C(C)(C)c2cc(N3c4ccccc4Cc4ccccc43)ccc2-1. The Morgan fingerprint density at radius 3 is 1.34 bits per heavy atom. The van der Waals surface area contributed by atoms with Crippen LogP contribution >= 0.6 is 0 Å². The summed E-state index contributed by atoms with van der Waals surface area (Å²) in [5, 5.41) is 2.77. The van der Waals surface area contributed by atoms with Crippen molar-refractivity contribution in [2.75, 3.05) is 9.80 Å². The first-order valence-electron chi connectivity index (χ1n) is 20.1. The minimum Gasteiger partial charge on any atom is -0.310 e. The first-order valence-corrected chi connectivity index (χ1v) is 20.1. The lowest BCUT2D eigenvalue weighted by Crippen LogP contribution is -2.25. The summed E-state index contributed by atoms with van der Waals surface area (Å²) in [5.41, 5.74) is 23.7. The van der Waals surface area contributed by atoms with Crippen LogP contribution in [-0.4, -0.2) is 0 Å². The van der Waals surface area contributed by atoms with Gasteiger partial charge in [-0.25, -0.2) is 0 Å². The molecule has 0 atom stereocenters. The first kappa shape index (κ1) is 31.9. The highest BCUT2D eigenvalue weighted by molar-refractivity contribution is 6.13. The number of anilines is 6. The Morgan fingerprint density at radius 1 is 0.375 bits per heavy atom. The van der Waals surface area contributed by atoms with Crippen LogP contribution in [0.3, 0.4) is 0 Å². The number of hydrogen-bond donors (Lipinski definition) is 0. The molecule has 2 heterocycles. The van der Waals surface area contributed by atoms with Gasteiger partial charge in [0, 0.05) is 57.8 Å². The molecule has 2 aliphatic carbocycles. The van der Waals surface area contributed by atoms with Crippen molar-refractivity contribution in [1.82, 2.24) is 0 Å². The fourth-order valence-electron chi connectivity index (χ4n) is 10.9. The quantitative estimate of drug-likeness (QED) is 0.176.